The van der Waals surface area contributed by atoms with Crippen LogP contribution in [0.4, 0.5) is 0 Å². The number of para-hydroxylation sites is 1. The average molecular weight is 368 g/mol. The average Bonchev–Trinajstić information content (AvgIpc) is 3.30. The van der Waals surface area contributed by atoms with E-state index >= 15 is 0 Å². The number of benzene rings is 1. The maximum Gasteiger partial charge on any atom is 0.135 e. The van der Waals surface area contributed by atoms with E-state index < -0.39 is 0 Å². The van der Waals surface area contributed by atoms with Crippen LogP contribution in [0.15, 0.2) is 60.9 Å². The fraction of sp³-hybridized carbons (Fsp3) is 0.136. The standard InChI is InChI=1S/C22H20N6/c1-28(2)13-14-9-16(12-23-11-14)18-7-8-19-21(25-18)22(27-26-19)20-10-15-5-3-4-6-17(15)24-20/h3-12,24H,13H2,1-2H3,(H,26,27). The van der Waals surface area contributed by atoms with E-state index in [0.717, 1.165) is 56.7 Å². The molecule has 0 saturated carbocycles. The second kappa shape index (κ2) is 6.58. The van der Waals surface area contributed by atoms with Crippen molar-refractivity contribution in [2.45, 2.75) is 6.54 Å². The Morgan fingerprint density at radius 2 is 1.86 bits per heavy atom. The molecule has 0 aliphatic heterocycles. The normalized spacial score (nSPS) is 11.7. The zero-order valence-corrected chi connectivity index (χ0v) is 15.8. The predicted molar refractivity (Wildman–Crippen MR) is 112 cm³/mol. The van der Waals surface area contributed by atoms with Crippen molar-refractivity contribution in [3.05, 3.63) is 66.5 Å². The number of fused-ring (bicyclic) bond motifs is 2. The van der Waals surface area contributed by atoms with E-state index in [-0.39, 0.29) is 0 Å². The first kappa shape index (κ1) is 16.6. The van der Waals surface area contributed by atoms with Gasteiger partial charge in [-0.2, -0.15) is 5.10 Å². The van der Waals surface area contributed by atoms with E-state index in [1.54, 1.807) is 0 Å². The molecule has 4 aromatic heterocycles. The summed E-state index contributed by atoms with van der Waals surface area (Å²) in [6.45, 7) is 0.842. The molecule has 2 N–H and O–H groups in total. The Morgan fingerprint density at radius 3 is 2.71 bits per heavy atom. The molecule has 5 aromatic rings. The summed E-state index contributed by atoms with van der Waals surface area (Å²) in [5.41, 5.74) is 7.68. The SMILES string of the molecule is CN(C)Cc1cncc(-c2ccc3[nH]nc(-c4cc5ccccc5[nH]4)c3n2)c1. The molecule has 0 fully saturated rings. The number of hydrogen-bond acceptors (Lipinski definition) is 4. The van der Waals surface area contributed by atoms with Crippen LogP contribution < -0.4 is 0 Å². The minimum absolute atomic E-state index is 0.824. The van der Waals surface area contributed by atoms with Crippen molar-refractivity contribution >= 4 is 21.9 Å². The molecule has 0 aliphatic rings. The molecule has 6 heteroatoms. The number of aromatic nitrogens is 5. The molecule has 0 amide bonds. The van der Waals surface area contributed by atoms with Gasteiger partial charge in [0.15, 0.2) is 0 Å². The molecular formula is C22H20N6. The van der Waals surface area contributed by atoms with Gasteiger partial charge in [-0.3, -0.25) is 10.1 Å². The third-order valence-electron chi connectivity index (χ3n) is 4.78. The zero-order chi connectivity index (χ0) is 19.1. The van der Waals surface area contributed by atoms with Crippen molar-refractivity contribution in [3.8, 4) is 22.6 Å². The van der Waals surface area contributed by atoms with Gasteiger partial charge >= 0.3 is 0 Å². The minimum atomic E-state index is 0.824. The van der Waals surface area contributed by atoms with Gasteiger partial charge in [-0.25, -0.2) is 4.98 Å². The summed E-state index contributed by atoms with van der Waals surface area (Å²) >= 11 is 0. The summed E-state index contributed by atoms with van der Waals surface area (Å²) in [6.07, 6.45) is 3.76. The van der Waals surface area contributed by atoms with Crippen molar-refractivity contribution < 1.29 is 0 Å². The molecule has 0 saturated heterocycles. The third-order valence-corrected chi connectivity index (χ3v) is 4.78. The van der Waals surface area contributed by atoms with Gasteiger partial charge in [-0.1, -0.05) is 18.2 Å². The first-order valence-electron chi connectivity index (χ1n) is 9.20. The number of nitrogens with zero attached hydrogens (tertiary/aromatic N) is 4. The predicted octanol–water partition coefficient (Wildman–Crippen LogP) is 4.23. The first-order valence-corrected chi connectivity index (χ1v) is 9.20. The van der Waals surface area contributed by atoms with Crippen LogP contribution in [0.5, 0.6) is 0 Å². The number of aromatic amines is 2. The lowest BCUT2D eigenvalue weighted by molar-refractivity contribution is 0.402. The van der Waals surface area contributed by atoms with Crippen molar-refractivity contribution in [2.24, 2.45) is 0 Å². The third kappa shape index (κ3) is 2.93. The van der Waals surface area contributed by atoms with Gasteiger partial charge in [0.05, 0.1) is 16.9 Å². The van der Waals surface area contributed by atoms with Gasteiger partial charge in [0, 0.05) is 35.4 Å². The fourth-order valence-electron chi connectivity index (χ4n) is 3.53. The molecule has 28 heavy (non-hydrogen) atoms. The van der Waals surface area contributed by atoms with Gasteiger partial charge < -0.3 is 9.88 Å². The summed E-state index contributed by atoms with van der Waals surface area (Å²) in [4.78, 5) is 14.9. The van der Waals surface area contributed by atoms with Gasteiger partial charge in [0.1, 0.15) is 11.2 Å². The van der Waals surface area contributed by atoms with Crippen LogP contribution >= 0.6 is 0 Å². The Kier molecular flexibility index (Phi) is 3.91. The van der Waals surface area contributed by atoms with Gasteiger partial charge in [0.25, 0.3) is 0 Å². The Hall–Kier alpha value is -3.51. The highest BCUT2D eigenvalue weighted by Gasteiger charge is 2.14. The largest absolute Gasteiger partial charge is 0.353 e. The van der Waals surface area contributed by atoms with Gasteiger partial charge in [-0.15, -0.1) is 0 Å². The summed E-state index contributed by atoms with van der Waals surface area (Å²) in [6, 6.07) is 16.5. The number of hydrogen-bond donors (Lipinski definition) is 2. The minimum Gasteiger partial charge on any atom is -0.353 e. The maximum absolute atomic E-state index is 4.90. The Bertz CT molecular complexity index is 1250. The molecular weight excluding hydrogens is 348 g/mol. The lowest BCUT2D eigenvalue weighted by atomic mass is 10.1. The molecule has 138 valence electrons. The summed E-state index contributed by atoms with van der Waals surface area (Å²) in [7, 11) is 4.10. The fourth-order valence-corrected chi connectivity index (χ4v) is 3.53. The monoisotopic (exact) mass is 368 g/mol. The van der Waals surface area contributed by atoms with Crippen LogP contribution in [0.3, 0.4) is 0 Å². The smallest absolute Gasteiger partial charge is 0.135 e. The van der Waals surface area contributed by atoms with E-state index in [9.17, 15) is 0 Å². The summed E-state index contributed by atoms with van der Waals surface area (Å²) < 4.78 is 0. The molecule has 0 unspecified atom stereocenters. The maximum atomic E-state index is 4.90. The van der Waals surface area contributed by atoms with Crippen molar-refractivity contribution in [1.29, 1.82) is 0 Å². The molecule has 0 bridgehead atoms. The van der Waals surface area contributed by atoms with Crippen molar-refractivity contribution in [3.63, 3.8) is 0 Å². The van der Waals surface area contributed by atoms with Gasteiger partial charge in [-0.05, 0) is 50.0 Å². The second-order valence-electron chi connectivity index (χ2n) is 7.25. The van der Waals surface area contributed by atoms with E-state index in [2.05, 4.69) is 63.4 Å². The lowest BCUT2D eigenvalue weighted by Gasteiger charge is -2.10. The quantitative estimate of drug-likeness (QED) is 0.498. The topological polar surface area (TPSA) is 73.5 Å². The van der Waals surface area contributed by atoms with E-state index in [1.165, 1.54) is 0 Å². The molecule has 6 nitrogen and oxygen atoms in total. The molecule has 5 rings (SSSR count). The molecule has 0 radical (unpaired) electrons. The van der Waals surface area contributed by atoms with Crippen LogP contribution in [-0.2, 0) is 6.54 Å². The van der Waals surface area contributed by atoms with E-state index in [0.29, 0.717) is 0 Å². The molecule has 0 aliphatic carbocycles. The Morgan fingerprint density at radius 1 is 0.964 bits per heavy atom. The van der Waals surface area contributed by atoms with Crippen LogP contribution in [0, 0.1) is 0 Å². The molecule has 1 aromatic carbocycles. The number of pyridine rings is 2. The number of H-pyrrole nitrogens is 2. The highest BCUT2D eigenvalue weighted by atomic mass is 15.1. The number of rotatable bonds is 4. The van der Waals surface area contributed by atoms with E-state index in [4.69, 9.17) is 4.98 Å². The van der Waals surface area contributed by atoms with Crippen molar-refractivity contribution in [2.75, 3.05) is 14.1 Å². The zero-order valence-electron chi connectivity index (χ0n) is 15.8. The van der Waals surface area contributed by atoms with Crippen LogP contribution in [-0.4, -0.2) is 44.1 Å². The molecule has 4 heterocycles. The number of nitrogens with one attached hydrogen (secondary N) is 2. The van der Waals surface area contributed by atoms with Crippen LogP contribution in [0.25, 0.3) is 44.6 Å². The Labute approximate surface area is 162 Å². The summed E-state index contributed by atoms with van der Waals surface area (Å²) in [5.74, 6) is 0. The van der Waals surface area contributed by atoms with Crippen molar-refractivity contribution in [1.82, 2.24) is 30.0 Å². The highest BCUT2D eigenvalue weighted by Crippen LogP contribution is 2.29. The highest BCUT2D eigenvalue weighted by molar-refractivity contribution is 5.94. The lowest BCUT2D eigenvalue weighted by Crippen LogP contribution is -2.10. The van der Waals surface area contributed by atoms with Crippen LogP contribution in [0.1, 0.15) is 5.56 Å². The van der Waals surface area contributed by atoms with Crippen LogP contribution in [0.2, 0.25) is 0 Å². The molecule has 0 spiro atoms. The summed E-state index contributed by atoms with van der Waals surface area (Å²) in [5, 5.41) is 8.76. The van der Waals surface area contributed by atoms with E-state index in [1.807, 2.05) is 36.7 Å². The molecule has 0 atom stereocenters. The first-order chi connectivity index (χ1) is 13.7. The second-order valence-corrected chi connectivity index (χ2v) is 7.25. The van der Waals surface area contributed by atoms with Gasteiger partial charge in [0.2, 0.25) is 0 Å². The Balaban J connectivity index is 1.60.